The number of rotatable bonds is 3. The first kappa shape index (κ1) is 17.7. The van der Waals surface area contributed by atoms with Crippen LogP contribution in [-0.2, 0) is 16.1 Å². The topological polar surface area (TPSA) is 45.6 Å². The normalized spacial score (nSPS) is 17.6. The van der Waals surface area contributed by atoms with Crippen molar-refractivity contribution in [3.05, 3.63) is 65.9 Å². The summed E-state index contributed by atoms with van der Waals surface area (Å²) in [6, 6.07) is 15.9. The average molecular weight is 385 g/mol. The number of likely N-dealkylation sites (N-methyl/N-ethyl adjacent to an activating group) is 1. The number of benzene rings is 2. The molecule has 1 fully saturated rings. The molecule has 2 aliphatic heterocycles. The fraction of sp³-hybridized carbons (Fsp3) is 0.250. The van der Waals surface area contributed by atoms with E-state index in [2.05, 4.69) is 0 Å². The lowest BCUT2D eigenvalue weighted by molar-refractivity contribution is -0.130. The highest BCUT2D eigenvalue weighted by Crippen LogP contribution is 2.37. The van der Waals surface area contributed by atoms with Crippen LogP contribution in [0.4, 0.5) is 5.69 Å². The van der Waals surface area contributed by atoms with Gasteiger partial charge in [-0.05, 0) is 31.1 Å². The second-order valence-corrected chi connectivity index (χ2v) is 7.76. The lowest BCUT2D eigenvalue weighted by atomic mass is 10.0. The third-order valence-corrected chi connectivity index (χ3v) is 5.97. The third kappa shape index (κ3) is 2.94. The van der Waals surface area contributed by atoms with Crippen LogP contribution in [0.2, 0.25) is 0 Å². The van der Waals surface area contributed by atoms with Crippen LogP contribution in [0.5, 0.6) is 0 Å². The van der Waals surface area contributed by atoms with Gasteiger partial charge in [0.25, 0.3) is 5.91 Å². The summed E-state index contributed by atoms with van der Waals surface area (Å²) in [5, 5.41) is 1.05. The van der Waals surface area contributed by atoms with Gasteiger partial charge >= 0.3 is 0 Å². The Morgan fingerprint density at radius 3 is 2.59 bits per heavy atom. The molecule has 3 aromatic rings. The summed E-state index contributed by atoms with van der Waals surface area (Å²) in [4.78, 5) is 29.2. The molecule has 0 N–H and O–H groups in total. The summed E-state index contributed by atoms with van der Waals surface area (Å²) in [7, 11) is 1.81. The van der Waals surface area contributed by atoms with Crippen LogP contribution in [0.1, 0.15) is 24.0 Å². The number of amides is 2. The first-order valence-electron chi connectivity index (χ1n) is 10.1. The number of hydrogen-bond acceptors (Lipinski definition) is 2. The summed E-state index contributed by atoms with van der Waals surface area (Å²) in [6.07, 6.45) is 6.14. The average Bonchev–Trinajstić information content (AvgIpc) is 3.45. The molecule has 5 rings (SSSR count). The maximum absolute atomic E-state index is 12.9. The van der Waals surface area contributed by atoms with Gasteiger partial charge < -0.3 is 14.4 Å². The summed E-state index contributed by atoms with van der Waals surface area (Å²) in [5.41, 5.74) is 4.54. The van der Waals surface area contributed by atoms with Crippen LogP contribution in [0.15, 0.2) is 54.7 Å². The molecule has 0 aliphatic carbocycles. The van der Waals surface area contributed by atoms with E-state index in [1.807, 2.05) is 70.3 Å². The van der Waals surface area contributed by atoms with Crippen LogP contribution in [0, 0.1) is 0 Å². The minimum absolute atomic E-state index is 0.00354. The molecule has 1 saturated heterocycles. The van der Waals surface area contributed by atoms with E-state index in [0.29, 0.717) is 12.1 Å². The maximum Gasteiger partial charge on any atom is 0.258 e. The van der Waals surface area contributed by atoms with E-state index in [0.717, 1.165) is 53.6 Å². The number of nitrogens with zero attached hydrogens (tertiary/aromatic N) is 3. The SMILES string of the molecule is CN1C(=O)C(=Cc2cn(CC(=O)N3CCCC3)c3ccccc23)c2ccccc21. The van der Waals surface area contributed by atoms with Crippen molar-refractivity contribution in [3.8, 4) is 0 Å². The zero-order valence-corrected chi connectivity index (χ0v) is 16.5. The van der Waals surface area contributed by atoms with E-state index < -0.39 is 0 Å². The Bertz CT molecular complexity index is 1150. The van der Waals surface area contributed by atoms with Gasteiger partial charge in [-0.1, -0.05) is 36.4 Å². The lowest BCUT2D eigenvalue weighted by Crippen LogP contribution is -2.30. The molecule has 0 atom stereocenters. The molecule has 0 saturated carbocycles. The molecule has 0 bridgehead atoms. The molecule has 0 spiro atoms. The van der Waals surface area contributed by atoms with E-state index in [9.17, 15) is 9.59 Å². The van der Waals surface area contributed by atoms with Crippen molar-refractivity contribution >= 4 is 40.1 Å². The molecule has 2 aromatic carbocycles. The lowest BCUT2D eigenvalue weighted by Gasteiger charge is -2.15. The van der Waals surface area contributed by atoms with Gasteiger partial charge in [0.1, 0.15) is 6.54 Å². The zero-order chi connectivity index (χ0) is 20.0. The molecular formula is C24H23N3O2. The van der Waals surface area contributed by atoms with Crippen molar-refractivity contribution in [1.29, 1.82) is 0 Å². The fourth-order valence-corrected chi connectivity index (χ4v) is 4.43. The Labute approximate surface area is 169 Å². The number of anilines is 1. The van der Waals surface area contributed by atoms with Gasteiger partial charge in [0.05, 0.1) is 5.69 Å². The number of carbonyl (C=O) groups excluding carboxylic acids is 2. The Hall–Kier alpha value is -3.34. The molecule has 1 aromatic heterocycles. The number of likely N-dealkylation sites (tertiary alicyclic amines) is 1. The Morgan fingerprint density at radius 1 is 1.03 bits per heavy atom. The molecule has 5 heteroatoms. The molecule has 29 heavy (non-hydrogen) atoms. The van der Waals surface area contributed by atoms with Crippen molar-refractivity contribution < 1.29 is 9.59 Å². The molecule has 2 amide bonds. The van der Waals surface area contributed by atoms with Crippen LogP contribution in [-0.4, -0.2) is 41.4 Å². The van der Waals surface area contributed by atoms with Gasteiger partial charge in [-0.25, -0.2) is 0 Å². The van der Waals surface area contributed by atoms with Crippen molar-refractivity contribution in [3.63, 3.8) is 0 Å². The second kappa shape index (κ2) is 6.92. The van der Waals surface area contributed by atoms with Crippen molar-refractivity contribution in [2.24, 2.45) is 0 Å². The monoisotopic (exact) mass is 385 g/mol. The Morgan fingerprint density at radius 2 is 1.76 bits per heavy atom. The van der Waals surface area contributed by atoms with Crippen molar-refractivity contribution in [2.75, 3.05) is 25.0 Å². The standard InChI is InChI=1S/C24H23N3O2/c1-25-21-10-4-3-9-19(21)20(24(25)29)14-17-15-27(22-11-5-2-8-18(17)22)16-23(28)26-12-6-7-13-26/h2-5,8-11,14-15H,6-7,12-13,16H2,1H3. The van der Waals surface area contributed by atoms with E-state index in [1.165, 1.54) is 0 Å². The van der Waals surface area contributed by atoms with Crippen LogP contribution in [0.3, 0.4) is 0 Å². The van der Waals surface area contributed by atoms with Crippen LogP contribution < -0.4 is 4.90 Å². The number of hydrogen-bond donors (Lipinski definition) is 0. The third-order valence-electron chi connectivity index (χ3n) is 5.97. The molecule has 0 radical (unpaired) electrons. The van der Waals surface area contributed by atoms with Gasteiger partial charge in [-0.15, -0.1) is 0 Å². The predicted molar refractivity (Wildman–Crippen MR) is 115 cm³/mol. The Kier molecular flexibility index (Phi) is 4.23. The number of carbonyl (C=O) groups is 2. The number of aromatic nitrogens is 1. The van der Waals surface area contributed by atoms with Crippen molar-refractivity contribution in [1.82, 2.24) is 9.47 Å². The first-order valence-corrected chi connectivity index (χ1v) is 10.1. The highest BCUT2D eigenvalue weighted by atomic mass is 16.2. The van der Waals surface area contributed by atoms with E-state index in [4.69, 9.17) is 0 Å². The summed E-state index contributed by atoms with van der Waals surface area (Å²) in [6.45, 7) is 2.03. The first-order chi connectivity index (χ1) is 14.1. The zero-order valence-electron chi connectivity index (χ0n) is 16.5. The minimum Gasteiger partial charge on any atom is -0.341 e. The van der Waals surface area contributed by atoms with E-state index >= 15 is 0 Å². The second-order valence-electron chi connectivity index (χ2n) is 7.76. The number of fused-ring (bicyclic) bond motifs is 2. The minimum atomic E-state index is -0.00354. The highest BCUT2D eigenvalue weighted by Gasteiger charge is 2.29. The molecule has 3 heterocycles. The summed E-state index contributed by atoms with van der Waals surface area (Å²) in [5.74, 6) is 0.153. The van der Waals surface area contributed by atoms with Gasteiger partial charge in [0.2, 0.25) is 5.91 Å². The van der Waals surface area contributed by atoms with Crippen LogP contribution in [0.25, 0.3) is 22.6 Å². The number of para-hydroxylation sites is 2. The quantitative estimate of drug-likeness (QED) is 0.644. The maximum atomic E-state index is 12.9. The van der Waals surface area contributed by atoms with Gasteiger partial charge in [0, 0.05) is 53.9 Å². The predicted octanol–water partition coefficient (Wildman–Crippen LogP) is 3.78. The fourth-order valence-electron chi connectivity index (χ4n) is 4.43. The molecule has 2 aliphatic rings. The van der Waals surface area contributed by atoms with Gasteiger partial charge in [-0.2, -0.15) is 0 Å². The van der Waals surface area contributed by atoms with E-state index in [-0.39, 0.29) is 11.8 Å². The van der Waals surface area contributed by atoms with Crippen molar-refractivity contribution in [2.45, 2.75) is 19.4 Å². The molecular weight excluding hydrogens is 362 g/mol. The summed E-state index contributed by atoms with van der Waals surface area (Å²) >= 11 is 0. The van der Waals surface area contributed by atoms with Gasteiger partial charge in [-0.3, -0.25) is 9.59 Å². The smallest absolute Gasteiger partial charge is 0.258 e. The molecule has 5 nitrogen and oxygen atoms in total. The summed E-state index contributed by atoms with van der Waals surface area (Å²) < 4.78 is 2.01. The highest BCUT2D eigenvalue weighted by molar-refractivity contribution is 6.36. The molecule has 146 valence electrons. The Balaban J connectivity index is 1.57. The van der Waals surface area contributed by atoms with Gasteiger partial charge in [0.15, 0.2) is 0 Å². The molecule has 0 unspecified atom stereocenters. The largest absolute Gasteiger partial charge is 0.341 e. The van der Waals surface area contributed by atoms with Crippen LogP contribution >= 0.6 is 0 Å². The van der Waals surface area contributed by atoms with E-state index in [1.54, 1.807) is 11.9 Å².